The van der Waals surface area contributed by atoms with Crippen LogP contribution in [0.5, 0.6) is 0 Å². The van der Waals surface area contributed by atoms with E-state index in [1.165, 1.54) is 36.5 Å². The van der Waals surface area contributed by atoms with Crippen molar-refractivity contribution in [2.45, 2.75) is 128 Å². The molecule has 0 aromatic heterocycles. The number of hydrogen-bond donors (Lipinski definition) is 5. The zero-order valence-electron chi connectivity index (χ0n) is 34.5. The molecule has 5 N–H and O–H groups in total. The highest BCUT2D eigenvalue weighted by molar-refractivity contribution is 7.47. The Balaban J connectivity index is 0.959. The number of phosphoric acid groups is 1. The SMILES string of the molecule is C[C@@H]1C[C@H]2[C@@H]3CCC4=CC(=O)C=C[C@]4(C)[C@@]3(F)[C@@H](O)C[C@]2(C)[C@@]1(O)C(=O)COP(=O)(O)OCC(=O)[C@@]1(O)[C@H](C)C[C@H]2[C@@H]3CCC4=CC(=O)C=C[C@]4(C)[C@@]3(F)[C@@H](O)C[C@@]21C. The van der Waals surface area contributed by atoms with E-state index in [4.69, 9.17) is 9.05 Å². The summed E-state index contributed by atoms with van der Waals surface area (Å²) in [7, 11) is -5.22. The molecule has 324 valence electrons. The van der Waals surface area contributed by atoms with Gasteiger partial charge >= 0.3 is 7.82 Å². The highest BCUT2D eigenvalue weighted by Crippen LogP contribution is 2.72. The van der Waals surface area contributed by atoms with Gasteiger partial charge < -0.3 is 25.3 Å². The van der Waals surface area contributed by atoms with E-state index in [1.807, 2.05) is 0 Å². The van der Waals surface area contributed by atoms with Crippen LogP contribution in [0.25, 0.3) is 0 Å². The van der Waals surface area contributed by atoms with E-state index in [0.717, 1.165) is 0 Å². The van der Waals surface area contributed by atoms with E-state index in [-0.39, 0.29) is 50.1 Å². The summed E-state index contributed by atoms with van der Waals surface area (Å²) in [5.74, 6) is -6.78. The molecule has 0 bridgehead atoms. The first-order chi connectivity index (χ1) is 27.2. The largest absolute Gasteiger partial charge is 0.473 e. The fraction of sp³-hybridized carbons (Fsp3) is 0.727. The van der Waals surface area contributed by atoms with Crippen LogP contribution in [-0.4, -0.2) is 96.4 Å². The monoisotopic (exact) mass is 846 g/mol. The van der Waals surface area contributed by atoms with Gasteiger partial charge in [-0.2, -0.15) is 0 Å². The summed E-state index contributed by atoms with van der Waals surface area (Å²) in [5, 5.41) is 47.8. The minimum Gasteiger partial charge on any atom is -0.390 e. The second-order valence-electron chi connectivity index (χ2n) is 20.2. The van der Waals surface area contributed by atoms with Gasteiger partial charge in [0.15, 0.2) is 34.5 Å². The van der Waals surface area contributed by atoms with Gasteiger partial charge in [-0.15, -0.1) is 0 Å². The molecule has 0 unspecified atom stereocenters. The molecule has 0 spiro atoms. The summed E-state index contributed by atoms with van der Waals surface area (Å²) in [4.78, 5) is 63.2. The van der Waals surface area contributed by atoms with Gasteiger partial charge in [-0.25, -0.2) is 13.3 Å². The molecule has 0 aliphatic heterocycles. The molecular weight excluding hydrogens is 789 g/mol. The van der Waals surface area contributed by atoms with Crippen molar-refractivity contribution < 1.29 is 66.9 Å². The van der Waals surface area contributed by atoms with Crippen LogP contribution in [0.15, 0.2) is 47.6 Å². The number of halogens is 2. The van der Waals surface area contributed by atoms with E-state index in [9.17, 15) is 49.1 Å². The third-order valence-electron chi connectivity index (χ3n) is 18.0. The lowest BCUT2D eigenvalue weighted by molar-refractivity contribution is -0.219. The van der Waals surface area contributed by atoms with Crippen molar-refractivity contribution in [2.75, 3.05) is 13.2 Å². The minimum absolute atomic E-state index is 0.213. The molecule has 0 aromatic carbocycles. The predicted octanol–water partition coefficient (Wildman–Crippen LogP) is 4.95. The van der Waals surface area contributed by atoms with E-state index in [1.54, 1.807) is 41.5 Å². The maximum Gasteiger partial charge on any atom is 0.473 e. The number of phosphoric ester groups is 1. The van der Waals surface area contributed by atoms with Crippen molar-refractivity contribution in [3.05, 3.63) is 47.6 Å². The molecule has 59 heavy (non-hydrogen) atoms. The van der Waals surface area contributed by atoms with Gasteiger partial charge in [0.1, 0.15) is 24.4 Å². The molecule has 12 nitrogen and oxygen atoms in total. The van der Waals surface area contributed by atoms with Crippen LogP contribution in [0.3, 0.4) is 0 Å². The average Bonchev–Trinajstić information content (AvgIpc) is 3.49. The summed E-state index contributed by atoms with van der Waals surface area (Å²) in [6.07, 6.45) is 6.31. The Morgan fingerprint density at radius 2 is 1.07 bits per heavy atom. The Morgan fingerprint density at radius 3 is 1.42 bits per heavy atom. The maximum atomic E-state index is 17.6. The number of allylic oxidation sites excluding steroid dienone is 8. The summed E-state index contributed by atoms with van der Waals surface area (Å²) >= 11 is 0. The van der Waals surface area contributed by atoms with Gasteiger partial charge in [0.05, 0.1) is 12.2 Å². The van der Waals surface area contributed by atoms with Crippen LogP contribution in [-0.2, 0) is 32.8 Å². The molecule has 6 fully saturated rings. The van der Waals surface area contributed by atoms with Gasteiger partial charge in [0, 0.05) is 33.5 Å². The number of aliphatic hydroxyl groups is 4. The molecule has 15 heteroatoms. The second-order valence-corrected chi connectivity index (χ2v) is 21.7. The molecule has 6 saturated carbocycles. The van der Waals surface area contributed by atoms with E-state index in [2.05, 4.69) is 0 Å². The number of hydrogen-bond acceptors (Lipinski definition) is 11. The quantitative estimate of drug-likeness (QED) is 0.206. The Morgan fingerprint density at radius 1 is 0.712 bits per heavy atom. The highest BCUT2D eigenvalue weighted by Gasteiger charge is 2.77. The number of carbonyl (C=O) groups excluding carboxylic acids is 4. The molecule has 8 aliphatic rings. The Hall–Kier alpha value is -2.55. The number of alkyl halides is 2. The Labute approximate surface area is 342 Å². The molecule has 0 aromatic rings. The summed E-state index contributed by atoms with van der Waals surface area (Å²) in [6.45, 7) is 7.56. The lowest BCUT2D eigenvalue weighted by atomic mass is 9.44. The van der Waals surface area contributed by atoms with Crippen LogP contribution in [0.1, 0.15) is 92.9 Å². The summed E-state index contributed by atoms with van der Waals surface area (Å²) in [6, 6.07) is 0. The zero-order chi connectivity index (χ0) is 43.3. The molecule has 0 heterocycles. The molecular formula is C44H57F2O12P. The van der Waals surface area contributed by atoms with Crippen molar-refractivity contribution in [1.82, 2.24) is 0 Å². The smallest absolute Gasteiger partial charge is 0.390 e. The number of ketones is 4. The average molecular weight is 847 g/mol. The molecule has 8 rings (SSSR count). The zero-order valence-corrected chi connectivity index (χ0v) is 35.3. The van der Waals surface area contributed by atoms with Crippen LogP contribution < -0.4 is 0 Å². The Bertz CT molecular complexity index is 1940. The number of rotatable bonds is 8. The number of Topliss-reactive ketones (excluding diaryl/α,β-unsaturated/α-hetero) is 2. The first-order valence-corrected chi connectivity index (χ1v) is 22.5. The fourth-order valence-corrected chi connectivity index (χ4v) is 15.5. The topological polar surface area (TPSA) is 205 Å². The van der Waals surface area contributed by atoms with Crippen molar-refractivity contribution in [2.24, 2.45) is 57.2 Å². The number of fused-ring (bicyclic) bond motifs is 10. The van der Waals surface area contributed by atoms with Gasteiger partial charge in [-0.1, -0.05) is 51.0 Å². The molecule has 0 radical (unpaired) electrons. The van der Waals surface area contributed by atoms with E-state index in [0.29, 0.717) is 24.0 Å². The van der Waals surface area contributed by atoms with Crippen LogP contribution >= 0.6 is 7.82 Å². The van der Waals surface area contributed by atoms with Gasteiger partial charge in [-0.05, 0) is 113 Å². The normalized spacial score (nSPS) is 51.1. The third kappa shape index (κ3) is 5.27. The second kappa shape index (κ2) is 13.2. The van der Waals surface area contributed by atoms with Crippen molar-refractivity contribution in [3.63, 3.8) is 0 Å². The lowest BCUT2D eigenvalue weighted by Crippen LogP contribution is -2.69. The fourth-order valence-electron chi connectivity index (χ4n) is 14.8. The first-order valence-electron chi connectivity index (χ1n) is 21.0. The molecule has 0 amide bonds. The lowest BCUT2D eigenvalue weighted by Gasteiger charge is -2.62. The maximum absolute atomic E-state index is 17.6. The summed E-state index contributed by atoms with van der Waals surface area (Å²) in [5.41, 5.74) is -13.0. The third-order valence-corrected chi connectivity index (χ3v) is 18.9. The predicted molar refractivity (Wildman–Crippen MR) is 207 cm³/mol. The van der Waals surface area contributed by atoms with Crippen LogP contribution in [0.4, 0.5) is 8.78 Å². The first kappa shape index (κ1) is 43.1. The standard InChI is InChI=1S/C44H57F2O12P/c1-23-15-31-29-9-7-25-17-27(47)11-13-37(25,3)41(29,45)33(49)19-39(31,5)43(23,53)35(51)21-57-59(55,56)58-22-36(52)44(54)24(2)16-32-30-10-8-26-18-28(48)12-14-38(26,4)42(30,46)34(50)20-40(32,44)6/h11-14,17-18,23-24,29-34,49-50,53-54H,7-10,15-16,19-22H2,1-6H3,(H,55,56)/t23-,24-,29+,30+,31+,32+,33+,34+,37+,38+,39+,40+,41+,42+,43+,44+/m1/s1. The van der Waals surface area contributed by atoms with Gasteiger partial charge in [0.25, 0.3) is 0 Å². The number of aliphatic hydroxyl groups excluding tert-OH is 2. The number of carbonyl (C=O) groups is 4. The van der Waals surface area contributed by atoms with Crippen LogP contribution in [0, 0.1) is 57.2 Å². The molecule has 16 atom stereocenters. The van der Waals surface area contributed by atoms with Crippen molar-refractivity contribution >= 4 is 31.0 Å². The highest BCUT2D eigenvalue weighted by atomic mass is 31.2. The summed E-state index contributed by atoms with van der Waals surface area (Å²) < 4.78 is 58.6. The van der Waals surface area contributed by atoms with Gasteiger partial charge in [0.2, 0.25) is 0 Å². The van der Waals surface area contributed by atoms with Crippen molar-refractivity contribution in [1.29, 1.82) is 0 Å². The molecule has 0 saturated heterocycles. The molecule has 8 aliphatic carbocycles. The van der Waals surface area contributed by atoms with Crippen LogP contribution in [0.2, 0.25) is 0 Å². The van der Waals surface area contributed by atoms with Crippen molar-refractivity contribution in [3.8, 4) is 0 Å². The Kier molecular flexibility index (Phi) is 9.67. The minimum atomic E-state index is -5.22. The van der Waals surface area contributed by atoms with Gasteiger partial charge in [-0.3, -0.25) is 28.2 Å². The van der Waals surface area contributed by atoms with E-state index >= 15 is 8.78 Å². The van der Waals surface area contributed by atoms with E-state index < -0.39 is 125 Å².